The normalized spacial score (nSPS) is 10.6. The van der Waals surface area contributed by atoms with Crippen molar-refractivity contribution in [1.29, 1.82) is 0 Å². The predicted octanol–water partition coefficient (Wildman–Crippen LogP) is 1.43. The molecule has 2 N–H and O–H groups in total. The van der Waals surface area contributed by atoms with E-state index < -0.39 is 0 Å². The monoisotopic (exact) mass is 362 g/mol. The maximum atomic E-state index is 12.1. The lowest BCUT2D eigenvalue weighted by atomic mass is 10.2. The van der Waals surface area contributed by atoms with E-state index in [4.69, 9.17) is 14.2 Å². The van der Waals surface area contributed by atoms with Crippen LogP contribution in [0.2, 0.25) is 0 Å². The average molecular weight is 362 g/mol. The summed E-state index contributed by atoms with van der Waals surface area (Å²) in [5.41, 5.74) is 1.88. The number of anilines is 1. The maximum Gasteiger partial charge on any atom is 0.239 e. The molecular weight excluding hydrogens is 336 g/mol. The molecule has 0 saturated carbocycles. The number of methoxy groups -OCH3 is 3. The smallest absolute Gasteiger partial charge is 0.239 e. The van der Waals surface area contributed by atoms with Gasteiger partial charge in [-0.05, 0) is 24.6 Å². The van der Waals surface area contributed by atoms with E-state index >= 15 is 0 Å². The molecular formula is C18H26N4O4. The minimum Gasteiger partial charge on any atom is -0.493 e. The number of carbonyl (C=O) groups is 1. The highest BCUT2D eigenvalue weighted by Gasteiger charge is 2.12. The Morgan fingerprint density at radius 1 is 1.19 bits per heavy atom. The maximum absolute atomic E-state index is 12.1. The van der Waals surface area contributed by atoms with Crippen LogP contribution in [-0.4, -0.2) is 56.7 Å². The Balaban J connectivity index is 2.06. The number of rotatable bonds is 10. The van der Waals surface area contributed by atoms with Crippen molar-refractivity contribution in [3.05, 3.63) is 35.5 Å². The van der Waals surface area contributed by atoms with Gasteiger partial charge in [0.2, 0.25) is 5.91 Å². The Bertz CT molecular complexity index is 730. The molecule has 142 valence electrons. The number of aryl methyl sites for hydroxylation is 1. The Kier molecular flexibility index (Phi) is 7.43. The van der Waals surface area contributed by atoms with Crippen molar-refractivity contribution in [2.24, 2.45) is 0 Å². The van der Waals surface area contributed by atoms with E-state index in [1.165, 1.54) is 0 Å². The van der Waals surface area contributed by atoms with Crippen molar-refractivity contribution in [1.82, 2.24) is 15.1 Å². The molecule has 0 aliphatic heterocycles. The Hall–Kier alpha value is -2.58. The first-order valence-corrected chi connectivity index (χ1v) is 8.31. The van der Waals surface area contributed by atoms with E-state index in [0.717, 1.165) is 11.1 Å². The molecule has 0 aliphatic carbocycles. The third-order valence-electron chi connectivity index (χ3n) is 3.83. The summed E-state index contributed by atoms with van der Waals surface area (Å²) in [5, 5.41) is 10.3. The molecule has 0 bridgehead atoms. The highest BCUT2D eigenvalue weighted by Crippen LogP contribution is 2.28. The van der Waals surface area contributed by atoms with E-state index in [-0.39, 0.29) is 12.5 Å². The van der Waals surface area contributed by atoms with Crippen molar-refractivity contribution >= 4 is 11.7 Å². The third kappa shape index (κ3) is 5.21. The van der Waals surface area contributed by atoms with E-state index in [9.17, 15) is 4.79 Å². The highest BCUT2D eigenvalue weighted by atomic mass is 16.5. The van der Waals surface area contributed by atoms with Crippen LogP contribution in [-0.2, 0) is 16.1 Å². The molecule has 0 unspecified atom stereocenters. The van der Waals surface area contributed by atoms with Crippen molar-refractivity contribution in [3.63, 3.8) is 0 Å². The fourth-order valence-electron chi connectivity index (χ4n) is 2.47. The molecule has 26 heavy (non-hydrogen) atoms. The average Bonchev–Trinajstić information content (AvgIpc) is 2.98. The van der Waals surface area contributed by atoms with Gasteiger partial charge >= 0.3 is 0 Å². The topological polar surface area (TPSA) is 86.6 Å². The second kappa shape index (κ2) is 9.79. The molecule has 1 aromatic carbocycles. The van der Waals surface area contributed by atoms with Gasteiger partial charge in [0, 0.05) is 19.2 Å². The minimum absolute atomic E-state index is 0.127. The number of amides is 1. The highest BCUT2D eigenvalue weighted by molar-refractivity contribution is 5.92. The number of hydrogen-bond acceptors (Lipinski definition) is 6. The van der Waals surface area contributed by atoms with Gasteiger partial charge in [-0.2, -0.15) is 5.10 Å². The van der Waals surface area contributed by atoms with Crippen LogP contribution in [0.4, 0.5) is 5.82 Å². The molecule has 1 amide bonds. The molecule has 0 atom stereocenters. The zero-order valence-corrected chi connectivity index (χ0v) is 15.7. The number of hydrogen-bond donors (Lipinski definition) is 2. The van der Waals surface area contributed by atoms with Gasteiger partial charge in [0.1, 0.15) is 5.82 Å². The first-order chi connectivity index (χ1) is 12.6. The minimum atomic E-state index is -0.127. The van der Waals surface area contributed by atoms with Crippen LogP contribution in [0.3, 0.4) is 0 Å². The van der Waals surface area contributed by atoms with E-state index in [2.05, 4.69) is 15.7 Å². The second-order valence-corrected chi connectivity index (χ2v) is 5.74. The van der Waals surface area contributed by atoms with Gasteiger partial charge in [-0.3, -0.25) is 4.79 Å². The van der Waals surface area contributed by atoms with Crippen molar-refractivity contribution < 1.29 is 19.0 Å². The largest absolute Gasteiger partial charge is 0.493 e. The molecule has 2 aromatic rings. The van der Waals surface area contributed by atoms with Gasteiger partial charge in [-0.25, -0.2) is 4.68 Å². The number of benzene rings is 1. The van der Waals surface area contributed by atoms with E-state index in [1.807, 2.05) is 25.1 Å². The van der Waals surface area contributed by atoms with Crippen LogP contribution in [0.15, 0.2) is 24.4 Å². The SMILES string of the molecule is COCCNCC(=O)Nc1c(C)cnn1Cc1ccc(OC)c(OC)c1. The van der Waals surface area contributed by atoms with Crippen LogP contribution in [0.5, 0.6) is 11.5 Å². The molecule has 0 radical (unpaired) electrons. The van der Waals surface area contributed by atoms with Crippen LogP contribution in [0, 0.1) is 6.92 Å². The molecule has 8 heteroatoms. The summed E-state index contributed by atoms with van der Waals surface area (Å²) in [4.78, 5) is 12.1. The third-order valence-corrected chi connectivity index (χ3v) is 3.83. The zero-order valence-electron chi connectivity index (χ0n) is 15.7. The number of ether oxygens (including phenoxy) is 3. The lowest BCUT2D eigenvalue weighted by molar-refractivity contribution is -0.115. The standard InChI is InChI=1S/C18H26N4O4/c1-13-10-20-22(18(13)21-17(23)11-19-7-8-24-2)12-14-5-6-15(25-3)16(9-14)26-4/h5-6,9-10,19H,7-8,11-12H2,1-4H3,(H,21,23). The van der Waals surface area contributed by atoms with E-state index in [0.29, 0.717) is 37.0 Å². The summed E-state index contributed by atoms with van der Waals surface area (Å²) >= 11 is 0. The Labute approximate surface area is 153 Å². The summed E-state index contributed by atoms with van der Waals surface area (Å²) in [6.45, 7) is 3.80. The molecule has 8 nitrogen and oxygen atoms in total. The Morgan fingerprint density at radius 3 is 2.65 bits per heavy atom. The summed E-state index contributed by atoms with van der Waals surface area (Å²) in [7, 11) is 4.82. The number of nitrogens with zero attached hydrogens (tertiary/aromatic N) is 2. The van der Waals surface area contributed by atoms with Crippen molar-refractivity contribution in [3.8, 4) is 11.5 Å². The van der Waals surface area contributed by atoms with Gasteiger partial charge in [0.15, 0.2) is 11.5 Å². The van der Waals surface area contributed by atoms with E-state index in [1.54, 1.807) is 32.2 Å². The fraction of sp³-hybridized carbons (Fsp3) is 0.444. The molecule has 1 aromatic heterocycles. The van der Waals surface area contributed by atoms with Crippen LogP contribution in [0.25, 0.3) is 0 Å². The zero-order chi connectivity index (χ0) is 18.9. The van der Waals surface area contributed by atoms with Crippen LogP contribution in [0.1, 0.15) is 11.1 Å². The molecule has 0 saturated heterocycles. The number of carbonyl (C=O) groups excluding carboxylic acids is 1. The predicted molar refractivity (Wildman–Crippen MR) is 99.0 cm³/mol. The number of aromatic nitrogens is 2. The van der Waals surface area contributed by atoms with Gasteiger partial charge in [-0.1, -0.05) is 6.07 Å². The number of nitrogens with one attached hydrogen (secondary N) is 2. The van der Waals surface area contributed by atoms with Crippen molar-refractivity contribution in [2.75, 3.05) is 46.3 Å². The quantitative estimate of drug-likeness (QED) is 0.622. The second-order valence-electron chi connectivity index (χ2n) is 5.74. The van der Waals surface area contributed by atoms with Crippen LogP contribution >= 0.6 is 0 Å². The summed E-state index contributed by atoms with van der Waals surface area (Å²) in [5.74, 6) is 1.88. The molecule has 1 heterocycles. The lowest BCUT2D eigenvalue weighted by Gasteiger charge is -2.13. The van der Waals surface area contributed by atoms with Crippen LogP contribution < -0.4 is 20.1 Å². The Morgan fingerprint density at radius 2 is 1.96 bits per heavy atom. The molecule has 2 rings (SSSR count). The van der Waals surface area contributed by atoms with Gasteiger partial charge in [-0.15, -0.1) is 0 Å². The van der Waals surface area contributed by atoms with Gasteiger partial charge in [0.25, 0.3) is 0 Å². The van der Waals surface area contributed by atoms with Gasteiger partial charge < -0.3 is 24.8 Å². The molecule has 0 aliphatic rings. The first-order valence-electron chi connectivity index (χ1n) is 8.31. The van der Waals surface area contributed by atoms with Gasteiger partial charge in [0.05, 0.1) is 40.1 Å². The summed E-state index contributed by atoms with van der Waals surface area (Å²) in [6.07, 6.45) is 1.73. The fourth-order valence-corrected chi connectivity index (χ4v) is 2.47. The lowest BCUT2D eigenvalue weighted by Crippen LogP contribution is -2.31. The van der Waals surface area contributed by atoms with Crippen molar-refractivity contribution in [2.45, 2.75) is 13.5 Å². The summed E-state index contributed by atoms with van der Waals surface area (Å²) in [6, 6.07) is 5.69. The summed E-state index contributed by atoms with van der Waals surface area (Å²) < 4.78 is 17.3. The molecule has 0 fully saturated rings. The first kappa shape index (κ1) is 19.7. The molecule has 0 spiro atoms.